The number of nitro groups is 1. The minimum atomic E-state index is -0.417. The van der Waals surface area contributed by atoms with E-state index in [9.17, 15) is 14.9 Å². The molecular weight excluding hydrogens is 346 g/mol. The van der Waals surface area contributed by atoms with Crippen molar-refractivity contribution in [1.82, 2.24) is 0 Å². The van der Waals surface area contributed by atoms with E-state index >= 15 is 0 Å². The maximum atomic E-state index is 12.0. The lowest BCUT2D eigenvalue weighted by atomic mass is 10.1. The Labute approximate surface area is 156 Å². The van der Waals surface area contributed by atoms with Gasteiger partial charge in [-0.15, -0.1) is 0 Å². The summed E-state index contributed by atoms with van der Waals surface area (Å²) in [5.74, 6) is 2.01. The van der Waals surface area contributed by atoms with E-state index in [1.54, 1.807) is 26.0 Å². The van der Waals surface area contributed by atoms with Crippen LogP contribution in [-0.2, 0) is 4.74 Å². The van der Waals surface area contributed by atoms with Crippen molar-refractivity contribution in [2.24, 2.45) is 0 Å². The average Bonchev–Trinajstić information content (AvgIpc) is 3.08. The third-order valence-corrected chi connectivity index (χ3v) is 4.59. The Balaban J connectivity index is 1.73. The topological polar surface area (TPSA) is 82.6 Å². The first-order valence-electron chi connectivity index (χ1n) is 8.74. The summed E-state index contributed by atoms with van der Waals surface area (Å²) in [6, 6.07) is 7.89. The molecule has 27 heavy (non-hydrogen) atoms. The number of aryl methyl sites for hydroxylation is 1. The lowest BCUT2D eigenvalue weighted by molar-refractivity contribution is -0.384. The SMILES string of the molecule is CC(/C=C1/CC[C@H](c2cc(=O)c(C)c(C)o2)O1)=C\c1ccc([N+](=O)[O-])cc1. The zero-order valence-corrected chi connectivity index (χ0v) is 15.5. The monoisotopic (exact) mass is 367 g/mol. The normalized spacial score (nSPS) is 18.6. The molecule has 140 valence electrons. The van der Waals surface area contributed by atoms with Crippen molar-refractivity contribution in [2.75, 3.05) is 0 Å². The van der Waals surface area contributed by atoms with Crippen LogP contribution in [0, 0.1) is 24.0 Å². The highest BCUT2D eigenvalue weighted by molar-refractivity contribution is 5.57. The van der Waals surface area contributed by atoms with Gasteiger partial charge in [0.2, 0.25) is 0 Å². The number of nitro benzene ring substituents is 1. The maximum absolute atomic E-state index is 12.0. The van der Waals surface area contributed by atoms with Crippen molar-refractivity contribution in [3.8, 4) is 0 Å². The Bertz CT molecular complexity index is 983. The second kappa shape index (κ2) is 7.61. The molecule has 1 aromatic heterocycles. The fourth-order valence-electron chi connectivity index (χ4n) is 2.98. The van der Waals surface area contributed by atoms with Crippen LogP contribution in [0.5, 0.6) is 0 Å². The maximum Gasteiger partial charge on any atom is 0.269 e. The Morgan fingerprint density at radius 1 is 1.26 bits per heavy atom. The summed E-state index contributed by atoms with van der Waals surface area (Å²) in [5.41, 5.74) is 2.50. The fourth-order valence-corrected chi connectivity index (χ4v) is 2.98. The van der Waals surface area contributed by atoms with Gasteiger partial charge in [0.1, 0.15) is 11.5 Å². The second-order valence-electron chi connectivity index (χ2n) is 6.69. The van der Waals surface area contributed by atoms with Gasteiger partial charge < -0.3 is 9.15 Å². The summed E-state index contributed by atoms with van der Waals surface area (Å²) in [5, 5.41) is 10.7. The lowest BCUT2D eigenvalue weighted by Crippen LogP contribution is -2.09. The van der Waals surface area contributed by atoms with E-state index in [1.807, 2.05) is 19.1 Å². The van der Waals surface area contributed by atoms with E-state index in [1.165, 1.54) is 18.2 Å². The number of hydrogen-bond donors (Lipinski definition) is 0. The number of hydrogen-bond acceptors (Lipinski definition) is 5. The standard InChI is InChI=1S/C21H21NO5/c1-13(10-16-4-6-17(7-5-16)22(24)25)11-18-8-9-20(27-18)21-12-19(23)14(2)15(3)26-21/h4-7,10-12,20H,8-9H2,1-3H3/b13-10+,18-11-/t20-/m1/s1. The minimum Gasteiger partial charge on any atom is -0.487 e. The van der Waals surface area contributed by atoms with Crippen LogP contribution in [0.25, 0.3) is 6.08 Å². The highest BCUT2D eigenvalue weighted by Crippen LogP contribution is 2.35. The first-order chi connectivity index (χ1) is 12.8. The molecule has 1 aliphatic heterocycles. The Kier molecular flexibility index (Phi) is 5.26. The van der Waals surface area contributed by atoms with E-state index in [0.717, 1.165) is 29.7 Å². The lowest BCUT2D eigenvalue weighted by Gasteiger charge is -2.11. The number of ether oxygens (including phenoxy) is 1. The number of allylic oxidation sites excluding steroid dienone is 3. The number of nitrogens with zero attached hydrogens (tertiary/aromatic N) is 1. The van der Waals surface area contributed by atoms with Gasteiger partial charge in [-0.05, 0) is 56.5 Å². The molecule has 1 atom stereocenters. The van der Waals surface area contributed by atoms with Gasteiger partial charge in [-0.25, -0.2) is 0 Å². The second-order valence-corrected chi connectivity index (χ2v) is 6.69. The van der Waals surface area contributed by atoms with Gasteiger partial charge in [0.05, 0.1) is 10.7 Å². The van der Waals surface area contributed by atoms with E-state index in [0.29, 0.717) is 17.1 Å². The smallest absolute Gasteiger partial charge is 0.269 e. The molecule has 0 N–H and O–H groups in total. The summed E-state index contributed by atoms with van der Waals surface area (Å²) >= 11 is 0. The van der Waals surface area contributed by atoms with Crippen LogP contribution in [0.1, 0.15) is 48.5 Å². The minimum absolute atomic E-state index is 0.0379. The van der Waals surface area contributed by atoms with Crippen molar-refractivity contribution in [1.29, 1.82) is 0 Å². The van der Waals surface area contributed by atoms with Gasteiger partial charge in [0, 0.05) is 30.2 Å². The summed E-state index contributed by atoms with van der Waals surface area (Å²) in [4.78, 5) is 22.3. The van der Waals surface area contributed by atoms with Gasteiger partial charge in [0.15, 0.2) is 11.5 Å². The molecule has 0 bridgehead atoms. The molecule has 1 aliphatic rings. The molecule has 3 rings (SSSR count). The van der Waals surface area contributed by atoms with Crippen LogP contribution >= 0.6 is 0 Å². The highest BCUT2D eigenvalue weighted by atomic mass is 16.6. The van der Waals surface area contributed by atoms with Crippen molar-refractivity contribution in [3.05, 3.63) is 90.7 Å². The average molecular weight is 367 g/mol. The van der Waals surface area contributed by atoms with Crippen molar-refractivity contribution in [2.45, 2.75) is 39.7 Å². The molecule has 1 saturated heterocycles. The van der Waals surface area contributed by atoms with E-state index in [4.69, 9.17) is 9.15 Å². The molecule has 1 aromatic carbocycles. The largest absolute Gasteiger partial charge is 0.487 e. The molecule has 6 heteroatoms. The molecule has 0 spiro atoms. The van der Waals surface area contributed by atoms with E-state index in [2.05, 4.69) is 0 Å². The van der Waals surface area contributed by atoms with Gasteiger partial charge in [-0.2, -0.15) is 0 Å². The van der Waals surface area contributed by atoms with Crippen LogP contribution in [-0.4, -0.2) is 4.92 Å². The molecule has 0 unspecified atom stereocenters. The molecule has 0 saturated carbocycles. The zero-order chi connectivity index (χ0) is 19.6. The molecule has 0 radical (unpaired) electrons. The van der Waals surface area contributed by atoms with Crippen LogP contribution in [0.2, 0.25) is 0 Å². The Morgan fingerprint density at radius 2 is 1.96 bits per heavy atom. The third kappa shape index (κ3) is 4.34. The van der Waals surface area contributed by atoms with Gasteiger partial charge in [-0.3, -0.25) is 14.9 Å². The fraction of sp³-hybridized carbons (Fsp3) is 0.286. The number of rotatable bonds is 4. The van der Waals surface area contributed by atoms with Crippen LogP contribution in [0.3, 0.4) is 0 Å². The zero-order valence-electron chi connectivity index (χ0n) is 15.5. The molecule has 2 aromatic rings. The van der Waals surface area contributed by atoms with Crippen LogP contribution < -0.4 is 5.43 Å². The first kappa shape index (κ1) is 18.6. The molecule has 1 fully saturated rings. The highest BCUT2D eigenvalue weighted by Gasteiger charge is 2.25. The molecule has 0 amide bonds. The Hall–Kier alpha value is -3.15. The Morgan fingerprint density at radius 3 is 2.59 bits per heavy atom. The molecular formula is C21H21NO5. The summed E-state index contributed by atoms with van der Waals surface area (Å²) < 4.78 is 11.7. The number of non-ortho nitro benzene ring substituents is 1. The van der Waals surface area contributed by atoms with Crippen molar-refractivity contribution < 1.29 is 14.1 Å². The summed E-state index contributed by atoms with van der Waals surface area (Å²) in [6.45, 7) is 5.47. The van der Waals surface area contributed by atoms with Gasteiger partial charge in [-0.1, -0.05) is 6.08 Å². The third-order valence-electron chi connectivity index (χ3n) is 4.59. The summed E-state index contributed by atoms with van der Waals surface area (Å²) in [7, 11) is 0. The van der Waals surface area contributed by atoms with Crippen molar-refractivity contribution in [3.63, 3.8) is 0 Å². The van der Waals surface area contributed by atoms with Crippen LogP contribution in [0.15, 0.2) is 57.0 Å². The quantitative estimate of drug-likeness (QED) is 0.561. The predicted molar refractivity (Wildman–Crippen MR) is 102 cm³/mol. The van der Waals surface area contributed by atoms with E-state index in [-0.39, 0.29) is 17.2 Å². The predicted octanol–water partition coefficient (Wildman–Crippen LogP) is 5.00. The van der Waals surface area contributed by atoms with E-state index < -0.39 is 4.92 Å². The molecule has 2 heterocycles. The molecule has 6 nitrogen and oxygen atoms in total. The van der Waals surface area contributed by atoms with Gasteiger partial charge in [0.25, 0.3) is 5.69 Å². The molecule has 0 aliphatic carbocycles. The summed E-state index contributed by atoms with van der Waals surface area (Å²) in [6.07, 6.45) is 5.13. The van der Waals surface area contributed by atoms with Crippen molar-refractivity contribution >= 4 is 11.8 Å². The van der Waals surface area contributed by atoms with Crippen LogP contribution in [0.4, 0.5) is 5.69 Å². The first-order valence-corrected chi connectivity index (χ1v) is 8.74. The van der Waals surface area contributed by atoms with Gasteiger partial charge >= 0.3 is 0 Å². The number of benzene rings is 1.